The van der Waals surface area contributed by atoms with E-state index in [0.29, 0.717) is 0 Å². The minimum atomic E-state index is -0.0626. The first-order chi connectivity index (χ1) is 14.5. The van der Waals surface area contributed by atoms with Gasteiger partial charge < -0.3 is 25.0 Å². The molecular weight excluding hydrogens is 507 g/mol. The summed E-state index contributed by atoms with van der Waals surface area (Å²) in [5.74, 6) is 2.36. The van der Waals surface area contributed by atoms with E-state index in [1.807, 2.05) is 31.3 Å². The Bertz CT molecular complexity index is 916. The molecule has 7 nitrogen and oxygen atoms in total. The van der Waals surface area contributed by atoms with Crippen molar-refractivity contribution in [2.75, 3.05) is 39.7 Å². The fraction of sp³-hybridized carbons (Fsp3) is 0.391. The van der Waals surface area contributed by atoms with Crippen molar-refractivity contribution in [1.29, 1.82) is 0 Å². The van der Waals surface area contributed by atoms with Crippen LogP contribution in [0, 0.1) is 0 Å². The van der Waals surface area contributed by atoms with Crippen LogP contribution in [0.4, 0.5) is 5.69 Å². The molecule has 31 heavy (non-hydrogen) atoms. The minimum absolute atomic E-state index is 0. The number of nitrogens with one attached hydrogen (secondary N) is 2. The number of guanidine groups is 1. The molecule has 2 aromatic carbocycles. The lowest BCUT2D eigenvalue weighted by Crippen LogP contribution is -2.44. The highest BCUT2D eigenvalue weighted by Gasteiger charge is 2.21. The fourth-order valence-corrected chi connectivity index (χ4v) is 3.67. The van der Waals surface area contributed by atoms with Gasteiger partial charge in [-0.2, -0.15) is 0 Å². The largest absolute Gasteiger partial charge is 0.493 e. The van der Waals surface area contributed by atoms with E-state index in [1.165, 1.54) is 23.6 Å². The number of ether oxygens (including phenoxy) is 2. The van der Waals surface area contributed by atoms with Gasteiger partial charge in [-0.3, -0.25) is 9.79 Å². The Hall–Kier alpha value is -2.49. The number of hydrogen-bond donors (Lipinski definition) is 2. The Morgan fingerprint density at radius 3 is 2.32 bits per heavy atom. The lowest BCUT2D eigenvalue weighted by molar-refractivity contribution is -0.114. The molecule has 8 heteroatoms. The number of carbonyl (C=O) groups is 1. The zero-order valence-electron chi connectivity index (χ0n) is 18.5. The highest BCUT2D eigenvalue weighted by Crippen LogP contribution is 2.33. The number of nitrogens with zero attached hydrogens (tertiary/aromatic N) is 2. The maximum atomic E-state index is 11.1. The summed E-state index contributed by atoms with van der Waals surface area (Å²) in [6.07, 6.45) is 1.80. The number of hydrogen-bond acceptors (Lipinski definition) is 4. The van der Waals surface area contributed by atoms with Gasteiger partial charge in [0.15, 0.2) is 17.5 Å². The predicted octanol–water partition coefficient (Wildman–Crippen LogP) is 3.46. The SMILES string of the molecule is CN=C(NCCc1ccc(NC(C)=O)cc1)N1CCc2cc(OC)c(OC)cc2C1.I. The molecule has 0 unspecified atom stereocenters. The molecule has 1 aliphatic rings. The van der Waals surface area contributed by atoms with Crippen LogP contribution in [-0.2, 0) is 24.2 Å². The third-order valence-corrected chi connectivity index (χ3v) is 5.20. The topological polar surface area (TPSA) is 75.2 Å². The number of fused-ring (bicyclic) bond motifs is 1. The molecular formula is C23H31IN4O3. The molecule has 0 fully saturated rings. The summed E-state index contributed by atoms with van der Waals surface area (Å²) in [5.41, 5.74) is 4.54. The number of halogens is 1. The van der Waals surface area contributed by atoms with Crippen molar-refractivity contribution in [3.8, 4) is 11.5 Å². The summed E-state index contributed by atoms with van der Waals surface area (Å²) in [4.78, 5) is 17.8. The van der Waals surface area contributed by atoms with Gasteiger partial charge in [0.25, 0.3) is 0 Å². The normalized spacial score (nSPS) is 13.0. The van der Waals surface area contributed by atoms with E-state index in [1.54, 1.807) is 14.2 Å². The standard InChI is InChI=1S/C23H30N4O3.HI/c1-16(28)26-20-7-5-17(6-8-20)9-11-25-23(24-2)27-12-10-18-13-21(29-3)22(30-4)14-19(18)15-27;/h5-8,13-14H,9-12,15H2,1-4H3,(H,24,25)(H,26,28);1H. The Balaban J connectivity index is 0.00000341. The van der Waals surface area contributed by atoms with Crippen LogP contribution < -0.4 is 20.1 Å². The molecule has 0 atom stereocenters. The van der Waals surface area contributed by atoms with Crippen LogP contribution in [0.2, 0.25) is 0 Å². The Morgan fingerprint density at radius 1 is 1.10 bits per heavy atom. The maximum absolute atomic E-state index is 11.1. The third kappa shape index (κ3) is 6.49. The second-order valence-corrected chi connectivity index (χ2v) is 7.25. The smallest absolute Gasteiger partial charge is 0.221 e. The molecule has 0 bridgehead atoms. The van der Waals surface area contributed by atoms with Crippen LogP contribution in [0.1, 0.15) is 23.6 Å². The Kier molecular flexibility index (Phi) is 9.42. The number of rotatable bonds is 6. The van der Waals surface area contributed by atoms with Crippen LogP contribution in [-0.4, -0.2) is 51.1 Å². The van der Waals surface area contributed by atoms with E-state index in [9.17, 15) is 4.79 Å². The van der Waals surface area contributed by atoms with Gasteiger partial charge in [-0.1, -0.05) is 12.1 Å². The summed E-state index contributed by atoms with van der Waals surface area (Å²) >= 11 is 0. The number of anilines is 1. The Labute approximate surface area is 201 Å². The number of benzene rings is 2. The monoisotopic (exact) mass is 538 g/mol. The molecule has 0 aliphatic carbocycles. The number of methoxy groups -OCH3 is 2. The first-order valence-electron chi connectivity index (χ1n) is 10.1. The van der Waals surface area contributed by atoms with Crippen molar-refractivity contribution in [2.45, 2.75) is 26.3 Å². The predicted molar refractivity (Wildman–Crippen MR) is 135 cm³/mol. The molecule has 0 saturated heterocycles. The van der Waals surface area contributed by atoms with E-state index in [0.717, 1.165) is 55.6 Å². The van der Waals surface area contributed by atoms with Gasteiger partial charge in [-0.15, -0.1) is 24.0 Å². The minimum Gasteiger partial charge on any atom is -0.493 e. The molecule has 0 radical (unpaired) electrons. The van der Waals surface area contributed by atoms with E-state index in [2.05, 4.69) is 32.7 Å². The van der Waals surface area contributed by atoms with Gasteiger partial charge in [0.05, 0.1) is 14.2 Å². The summed E-state index contributed by atoms with van der Waals surface area (Å²) in [5, 5.41) is 6.25. The van der Waals surface area contributed by atoms with Crippen LogP contribution in [0.5, 0.6) is 11.5 Å². The zero-order chi connectivity index (χ0) is 21.5. The first-order valence-corrected chi connectivity index (χ1v) is 10.1. The Morgan fingerprint density at radius 2 is 1.74 bits per heavy atom. The molecule has 3 rings (SSSR count). The molecule has 1 amide bonds. The average Bonchev–Trinajstić information content (AvgIpc) is 2.76. The van der Waals surface area contributed by atoms with Gasteiger partial charge in [0.2, 0.25) is 5.91 Å². The fourth-order valence-electron chi connectivity index (χ4n) is 3.67. The lowest BCUT2D eigenvalue weighted by atomic mass is 9.99. The molecule has 0 saturated carbocycles. The highest BCUT2D eigenvalue weighted by molar-refractivity contribution is 14.0. The number of carbonyl (C=O) groups excluding carboxylic acids is 1. The van der Waals surface area contributed by atoms with Crippen molar-refractivity contribution < 1.29 is 14.3 Å². The van der Waals surface area contributed by atoms with Gasteiger partial charge in [-0.25, -0.2) is 0 Å². The zero-order valence-corrected chi connectivity index (χ0v) is 20.9. The summed E-state index contributed by atoms with van der Waals surface area (Å²) in [6, 6.07) is 12.1. The number of amides is 1. The lowest BCUT2D eigenvalue weighted by Gasteiger charge is -2.32. The number of aliphatic imine (C=N–C) groups is 1. The summed E-state index contributed by atoms with van der Waals surface area (Å²) in [6.45, 7) is 3.96. The van der Waals surface area contributed by atoms with Crippen molar-refractivity contribution in [3.63, 3.8) is 0 Å². The van der Waals surface area contributed by atoms with Crippen LogP contribution >= 0.6 is 24.0 Å². The molecule has 2 aromatic rings. The van der Waals surface area contributed by atoms with E-state index in [4.69, 9.17) is 9.47 Å². The maximum Gasteiger partial charge on any atom is 0.221 e. The van der Waals surface area contributed by atoms with Crippen molar-refractivity contribution in [2.24, 2.45) is 4.99 Å². The second-order valence-electron chi connectivity index (χ2n) is 7.25. The second kappa shape index (κ2) is 11.8. The van der Waals surface area contributed by atoms with Crippen molar-refractivity contribution in [3.05, 3.63) is 53.1 Å². The van der Waals surface area contributed by atoms with Gasteiger partial charge in [0.1, 0.15) is 0 Å². The quantitative estimate of drug-likeness (QED) is 0.335. The molecule has 0 spiro atoms. The van der Waals surface area contributed by atoms with Crippen LogP contribution in [0.3, 0.4) is 0 Å². The molecule has 1 heterocycles. The van der Waals surface area contributed by atoms with Crippen molar-refractivity contribution >= 4 is 41.5 Å². The van der Waals surface area contributed by atoms with Gasteiger partial charge in [0, 0.05) is 39.3 Å². The molecule has 0 aromatic heterocycles. The van der Waals surface area contributed by atoms with Gasteiger partial charge in [-0.05, 0) is 53.8 Å². The average molecular weight is 538 g/mol. The van der Waals surface area contributed by atoms with E-state index in [-0.39, 0.29) is 29.9 Å². The van der Waals surface area contributed by atoms with Gasteiger partial charge >= 0.3 is 0 Å². The first kappa shape index (κ1) is 24.8. The third-order valence-electron chi connectivity index (χ3n) is 5.20. The molecule has 168 valence electrons. The van der Waals surface area contributed by atoms with E-state index < -0.39 is 0 Å². The summed E-state index contributed by atoms with van der Waals surface area (Å²) < 4.78 is 10.9. The van der Waals surface area contributed by atoms with Crippen LogP contribution in [0.15, 0.2) is 41.4 Å². The van der Waals surface area contributed by atoms with E-state index >= 15 is 0 Å². The summed E-state index contributed by atoms with van der Waals surface area (Å²) in [7, 11) is 5.14. The van der Waals surface area contributed by atoms with Crippen molar-refractivity contribution in [1.82, 2.24) is 10.2 Å². The highest BCUT2D eigenvalue weighted by atomic mass is 127. The van der Waals surface area contributed by atoms with Crippen LogP contribution in [0.25, 0.3) is 0 Å². The molecule has 1 aliphatic heterocycles. The molecule has 2 N–H and O–H groups in total.